The van der Waals surface area contributed by atoms with Crippen molar-refractivity contribution in [3.63, 3.8) is 0 Å². The molecule has 0 aliphatic carbocycles. The van der Waals surface area contributed by atoms with Crippen molar-refractivity contribution in [2.45, 2.75) is 24.4 Å². The van der Waals surface area contributed by atoms with Crippen molar-refractivity contribution in [3.05, 3.63) is 0 Å². The first-order valence-electron chi connectivity index (χ1n) is 5.41. The lowest BCUT2D eigenvalue weighted by Crippen LogP contribution is -2.58. The molecule has 5 N–H and O–H groups in total. The van der Waals surface area contributed by atoms with Gasteiger partial charge in [-0.05, 0) is 0 Å². The summed E-state index contributed by atoms with van der Waals surface area (Å²) in [6, 6.07) is -1.01. The van der Waals surface area contributed by atoms with Crippen LogP contribution in [0.2, 0.25) is 0 Å². The SMILES string of the molecule is C[N+](C)(C)[C@H](C=O)[C@@H](O)[C@H](O)[C@H](O)COP(=O)(O)O. The number of carbonyl (C=O) groups is 1. The van der Waals surface area contributed by atoms with Crippen LogP contribution in [-0.4, -0.2) is 88.0 Å². The summed E-state index contributed by atoms with van der Waals surface area (Å²) in [6.07, 6.45) is -4.69. The number of hydrogen-bond acceptors (Lipinski definition) is 6. The van der Waals surface area contributed by atoms with E-state index in [2.05, 4.69) is 4.52 Å². The van der Waals surface area contributed by atoms with Crippen LogP contribution in [0.4, 0.5) is 0 Å². The lowest BCUT2D eigenvalue weighted by Gasteiger charge is -2.36. The van der Waals surface area contributed by atoms with Gasteiger partial charge in [0.05, 0.1) is 27.7 Å². The highest BCUT2D eigenvalue weighted by molar-refractivity contribution is 7.46. The molecule has 0 amide bonds. The summed E-state index contributed by atoms with van der Waals surface area (Å²) in [6.45, 7) is -0.870. The van der Waals surface area contributed by atoms with Gasteiger partial charge in [0.1, 0.15) is 18.3 Å². The molecular formula is C9H21NO8P+. The summed E-state index contributed by atoms with van der Waals surface area (Å²) in [5.74, 6) is 0. The third-order valence-corrected chi connectivity index (χ3v) is 3.03. The normalized spacial score (nSPS) is 19.6. The van der Waals surface area contributed by atoms with E-state index >= 15 is 0 Å². The Bertz CT molecular complexity index is 338. The van der Waals surface area contributed by atoms with Gasteiger partial charge in [-0.15, -0.1) is 0 Å². The Hall–Kier alpha value is -0.380. The number of carbonyl (C=O) groups excluding carboxylic acids is 1. The van der Waals surface area contributed by atoms with Gasteiger partial charge in [-0.25, -0.2) is 4.57 Å². The zero-order valence-corrected chi connectivity index (χ0v) is 11.8. The van der Waals surface area contributed by atoms with Crippen molar-refractivity contribution >= 4 is 14.1 Å². The minimum Gasteiger partial charge on any atom is -0.388 e. The van der Waals surface area contributed by atoms with Gasteiger partial charge in [0, 0.05) is 0 Å². The molecule has 0 bridgehead atoms. The zero-order chi connectivity index (χ0) is 15.4. The summed E-state index contributed by atoms with van der Waals surface area (Å²) >= 11 is 0. The van der Waals surface area contributed by atoms with Gasteiger partial charge >= 0.3 is 7.82 Å². The lowest BCUT2D eigenvalue weighted by molar-refractivity contribution is -0.889. The highest BCUT2D eigenvalue weighted by Gasteiger charge is 2.39. The second-order valence-corrected chi connectivity index (χ2v) is 6.32. The molecule has 0 unspecified atom stereocenters. The van der Waals surface area contributed by atoms with E-state index in [4.69, 9.17) is 9.79 Å². The second kappa shape index (κ2) is 6.87. The number of hydrogen-bond donors (Lipinski definition) is 5. The predicted molar refractivity (Wildman–Crippen MR) is 63.9 cm³/mol. The first-order valence-corrected chi connectivity index (χ1v) is 6.94. The molecule has 19 heavy (non-hydrogen) atoms. The molecule has 0 aliphatic rings. The number of aliphatic hydroxyl groups excluding tert-OH is 3. The standard InChI is InChI=1S/C9H20NO8P/c1-10(2,3)6(4-11)8(13)9(14)7(12)5-18-19(15,16)17/h4,6-9,12-14H,5H2,1-3H3,(H-,15,16,17)/p+1/t6-,7-,8-,9-/m1/s1. The zero-order valence-electron chi connectivity index (χ0n) is 10.9. The van der Waals surface area contributed by atoms with Gasteiger partial charge in [0.2, 0.25) is 0 Å². The Labute approximate surface area is 110 Å². The molecule has 10 heteroatoms. The van der Waals surface area contributed by atoms with E-state index < -0.39 is 38.8 Å². The average molecular weight is 302 g/mol. The Morgan fingerprint density at radius 2 is 1.63 bits per heavy atom. The number of aldehydes is 1. The van der Waals surface area contributed by atoms with Gasteiger partial charge in [-0.1, -0.05) is 0 Å². The van der Waals surface area contributed by atoms with Gasteiger partial charge in [-0.2, -0.15) is 0 Å². The Balaban J connectivity index is 4.66. The van der Waals surface area contributed by atoms with E-state index in [-0.39, 0.29) is 4.48 Å². The van der Waals surface area contributed by atoms with E-state index in [0.29, 0.717) is 6.29 Å². The third kappa shape index (κ3) is 6.55. The van der Waals surface area contributed by atoms with Crippen molar-refractivity contribution in [3.8, 4) is 0 Å². The van der Waals surface area contributed by atoms with Gasteiger partial charge in [-0.3, -0.25) is 9.32 Å². The fourth-order valence-electron chi connectivity index (χ4n) is 1.42. The highest BCUT2D eigenvalue weighted by atomic mass is 31.2. The molecule has 0 saturated carbocycles. The molecule has 114 valence electrons. The van der Waals surface area contributed by atoms with Gasteiger partial charge in [0.25, 0.3) is 0 Å². The first kappa shape index (κ1) is 18.6. The molecule has 0 fully saturated rings. The van der Waals surface area contributed by atoms with Crippen LogP contribution in [0.25, 0.3) is 0 Å². The molecule has 0 aromatic heterocycles. The molecule has 0 radical (unpaired) electrons. The van der Waals surface area contributed by atoms with Crippen LogP contribution in [0, 0.1) is 0 Å². The van der Waals surface area contributed by atoms with Crippen molar-refractivity contribution in [2.24, 2.45) is 0 Å². The van der Waals surface area contributed by atoms with Gasteiger partial charge in [0.15, 0.2) is 12.3 Å². The first-order chi connectivity index (χ1) is 8.40. The minimum atomic E-state index is -4.78. The van der Waals surface area contributed by atoms with Crippen LogP contribution >= 0.6 is 7.82 Å². The number of nitrogens with zero attached hydrogens (tertiary/aromatic N) is 1. The maximum Gasteiger partial charge on any atom is 0.469 e. The quantitative estimate of drug-likeness (QED) is 0.187. The van der Waals surface area contributed by atoms with Crippen LogP contribution in [0.5, 0.6) is 0 Å². The fourth-order valence-corrected chi connectivity index (χ4v) is 1.77. The number of likely N-dealkylation sites (N-methyl/N-ethyl adjacent to an activating group) is 1. The Morgan fingerprint density at radius 3 is 1.95 bits per heavy atom. The summed E-state index contributed by atoms with van der Waals surface area (Å²) in [5, 5.41) is 28.9. The molecule has 0 heterocycles. The molecule has 4 atom stereocenters. The van der Waals surface area contributed by atoms with E-state index in [1.165, 1.54) is 0 Å². The number of phosphoric acid groups is 1. The van der Waals surface area contributed by atoms with E-state index in [1.54, 1.807) is 21.1 Å². The molecule has 9 nitrogen and oxygen atoms in total. The minimum absolute atomic E-state index is 0.00773. The summed E-state index contributed by atoms with van der Waals surface area (Å²) < 4.78 is 14.5. The smallest absolute Gasteiger partial charge is 0.388 e. The van der Waals surface area contributed by atoms with Crippen LogP contribution in [0.3, 0.4) is 0 Å². The van der Waals surface area contributed by atoms with Crippen molar-refractivity contribution in [1.29, 1.82) is 0 Å². The monoisotopic (exact) mass is 302 g/mol. The highest BCUT2D eigenvalue weighted by Crippen LogP contribution is 2.35. The molecule has 0 aliphatic heterocycles. The van der Waals surface area contributed by atoms with E-state index in [0.717, 1.165) is 0 Å². The largest absolute Gasteiger partial charge is 0.469 e. The topological polar surface area (TPSA) is 145 Å². The molecule has 0 aromatic carbocycles. The summed E-state index contributed by atoms with van der Waals surface area (Å²) in [4.78, 5) is 27.8. The Morgan fingerprint density at radius 1 is 1.16 bits per heavy atom. The summed E-state index contributed by atoms with van der Waals surface area (Å²) in [7, 11) is 0.0352. The van der Waals surface area contributed by atoms with Crippen LogP contribution < -0.4 is 0 Å². The lowest BCUT2D eigenvalue weighted by atomic mass is 10.0. The van der Waals surface area contributed by atoms with Crippen LogP contribution in [0.1, 0.15) is 0 Å². The maximum absolute atomic E-state index is 10.9. The van der Waals surface area contributed by atoms with Crippen LogP contribution in [0.15, 0.2) is 0 Å². The Kier molecular flexibility index (Phi) is 6.73. The van der Waals surface area contributed by atoms with Gasteiger partial charge < -0.3 is 29.6 Å². The van der Waals surface area contributed by atoms with E-state index in [1.807, 2.05) is 0 Å². The number of phosphoric ester groups is 1. The number of aliphatic hydroxyl groups is 3. The fraction of sp³-hybridized carbons (Fsp3) is 0.889. The average Bonchev–Trinajstić information content (AvgIpc) is 2.22. The van der Waals surface area contributed by atoms with Crippen molar-refractivity contribution in [1.82, 2.24) is 0 Å². The molecule has 0 aromatic rings. The molecule has 0 saturated heterocycles. The van der Waals surface area contributed by atoms with E-state index in [9.17, 15) is 24.7 Å². The molecule has 0 spiro atoms. The number of rotatable bonds is 8. The maximum atomic E-state index is 10.9. The third-order valence-electron chi connectivity index (χ3n) is 2.54. The van der Waals surface area contributed by atoms with Crippen molar-refractivity contribution in [2.75, 3.05) is 27.7 Å². The number of quaternary nitrogens is 1. The molecular weight excluding hydrogens is 281 g/mol. The van der Waals surface area contributed by atoms with Crippen molar-refractivity contribution < 1.29 is 43.5 Å². The molecule has 0 rings (SSSR count). The predicted octanol–water partition coefficient (Wildman–Crippen LogP) is -2.55. The second-order valence-electron chi connectivity index (χ2n) is 5.08. The van der Waals surface area contributed by atoms with Crippen LogP contribution in [-0.2, 0) is 13.9 Å². The summed E-state index contributed by atoms with van der Waals surface area (Å²) in [5.41, 5.74) is 0.